The Balaban J connectivity index is 1.27. The zero-order valence-corrected chi connectivity index (χ0v) is 15.2. The Hall–Kier alpha value is -0.240. The standard InChI is InChI=1S/C19H32O6/c1(3-15-9-22-15)5-19(6-2-4-16-10-23-16,13-20-7-17-11-24-17)14-21-8-18-12-25-18/h15-18H,1-14H2. The zero-order chi connectivity index (χ0) is 17.0. The first-order valence-corrected chi connectivity index (χ1v) is 9.93. The number of hydrogen-bond acceptors (Lipinski definition) is 6. The monoisotopic (exact) mass is 356 g/mol. The summed E-state index contributed by atoms with van der Waals surface area (Å²) in [5, 5.41) is 0. The van der Waals surface area contributed by atoms with Crippen molar-refractivity contribution in [3.05, 3.63) is 0 Å². The highest BCUT2D eigenvalue weighted by molar-refractivity contribution is 4.83. The fraction of sp³-hybridized carbons (Fsp3) is 1.00. The molecule has 6 nitrogen and oxygen atoms in total. The number of epoxide rings is 4. The van der Waals surface area contributed by atoms with Crippen LogP contribution in [0.15, 0.2) is 0 Å². The van der Waals surface area contributed by atoms with E-state index in [0.29, 0.717) is 37.6 Å². The molecular formula is C19H32O6. The van der Waals surface area contributed by atoms with Crippen LogP contribution in [0.1, 0.15) is 38.5 Å². The molecule has 4 saturated heterocycles. The Morgan fingerprint density at radius 1 is 0.640 bits per heavy atom. The van der Waals surface area contributed by atoms with Gasteiger partial charge in [0.1, 0.15) is 12.2 Å². The molecule has 0 aliphatic carbocycles. The quantitative estimate of drug-likeness (QED) is 0.394. The van der Waals surface area contributed by atoms with E-state index in [2.05, 4.69) is 0 Å². The van der Waals surface area contributed by atoms with Crippen LogP contribution in [0.25, 0.3) is 0 Å². The van der Waals surface area contributed by atoms with E-state index in [-0.39, 0.29) is 5.41 Å². The Morgan fingerprint density at radius 3 is 1.40 bits per heavy atom. The third kappa shape index (κ3) is 7.12. The second-order valence-corrected chi connectivity index (χ2v) is 8.14. The molecule has 4 atom stereocenters. The molecule has 6 heteroatoms. The van der Waals surface area contributed by atoms with Gasteiger partial charge < -0.3 is 28.4 Å². The Bertz CT molecular complexity index is 323. The molecule has 0 aromatic rings. The second-order valence-electron chi connectivity index (χ2n) is 8.14. The van der Waals surface area contributed by atoms with Crippen LogP contribution in [-0.4, -0.2) is 77.3 Å². The zero-order valence-electron chi connectivity index (χ0n) is 15.2. The first-order valence-electron chi connectivity index (χ1n) is 9.93. The molecule has 0 bridgehead atoms. The molecule has 144 valence electrons. The lowest BCUT2D eigenvalue weighted by Crippen LogP contribution is -2.34. The van der Waals surface area contributed by atoms with Crippen LogP contribution in [0.2, 0.25) is 0 Å². The summed E-state index contributed by atoms with van der Waals surface area (Å²) in [7, 11) is 0. The topological polar surface area (TPSA) is 68.6 Å². The molecule has 0 amide bonds. The van der Waals surface area contributed by atoms with Crippen LogP contribution in [0.4, 0.5) is 0 Å². The lowest BCUT2D eigenvalue weighted by atomic mass is 9.79. The highest BCUT2D eigenvalue weighted by Crippen LogP contribution is 2.35. The van der Waals surface area contributed by atoms with E-state index in [4.69, 9.17) is 28.4 Å². The fourth-order valence-electron chi connectivity index (χ4n) is 3.48. The highest BCUT2D eigenvalue weighted by atomic mass is 16.6. The average Bonchev–Trinajstić information content (AvgIpc) is 3.44. The molecule has 0 N–H and O–H groups in total. The van der Waals surface area contributed by atoms with Gasteiger partial charge in [-0.2, -0.15) is 0 Å². The maximum atomic E-state index is 6.04. The van der Waals surface area contributed by atoms with Gasteiger partial charge in [0.2, 0.25) is 0 Å². The van der Waals surface area contributed by atoms with Crippen molar-refractivity contribution in [1.29, 1.82) is 0 Å². The van der Waals surface area contributed by atoms with Crippen molar-refractivity contribution in [3.63, 3.8) is 0 Å². The Kier molecular flexibility index (Phi) is 6.26. The number of rotatable bonds is 16. The van der Waals surface area contributed by atoms with Crippen LogP contribution in [-0.2, 0) is 28.4 Å². The summed E-state index contributed by atoms with van der Waals surface area (Å²) < 4.78 is 33.4. The van der Waals surface area contributed by atoms with Crippen molar-refractivity contribution in [1.82, 2.24) is 0 Å². The van der Waals surface area contributed by atoms with Crippen LogP contribution >= 0.6 is 0 Å². The summed E-state index contributed by atoms with van der Waals surface area (Å²) in [6.45, 7) is 6.52. The summed E-state index contributed by atoms with van der Waals surface area (Å²) >= 11 is 0. The minimum atomic E-state index is 0.0908. The van der Waals surface area contributed by atoms with Crippen molar-refractivity contribution in [2.24, 2.45) is 5.41 Å². The number of hydrogen-bond donors (Lipinski definition) is 0. The van der Waals surface area contributed by atoms with E-state index in [1.807, 2.05) is 0 Å². The van der Waals surface area contributed by atoms with E-state index in [0.717, 1.165) is 65.3 Å². The van der Waals surface area contributed by atoms with Gasteiger partial charge >= 0.3 is 0 Å². The van der Waals surface area contributed by atoms with Gasteiger partial charge in [0, 0.05) is 5.41 Å². The van der Waals surface area contributed by atoms with Crippen molar-refractivity contribution in [3.8, 4) is 0 Å². The van der Waals surface area contributed by atoms with Crippen molar-refractivity contribution < 1.29 is 28.4 Å². The molecule has 0 aromatic carbocycles. The SMILES string of the molecule is C(CC1CO1)CC(CCCC1CO1)(COCC1CO1)COCC1CO1. The first kappa shape index (κ1) is 18.1. The summed E-state index contributed by atoms with van der Waals surface area (Å²) in [6.07, 6.45) is 8.57. The molecule has 4 rings (SSSR count). The predicted molar refractivity (Wildman–Crippen MR) is 90.7 cm³/mol. The van der Waals surface area contributed by atoms with Crippen LogP contribution in [0.5, 0.6) is 0 Å². The van der Waals surface area contributed by atoms with Gasteiger partial charge in [-0.3, -0.25) is 0 Å². The minimum absolute atomic E-state index is 0.0908. The predicted octanol–water partition coefficient (Wildman–Crippen LogP) is 1.94. The molecule has 4 aliphatic heterocycles. The van der Waals surface area contributed by atoms with E-state index < -0.39 is 0 Å². The lowest BCUT2D eigenvalue weighted by Gasteiger charge is -2.34. The molecule has 0 spiro atoms. The fourth-order valence-corrected chi connectivity index (χ4v) is 3.48. The van der Waals surface area contributed by atoms with Gasteiger partial charge in [0.15, 0.2) is 0 Å². The molecule has 4 heterocycles. The van der Waals surface area contributed by atoms with Gasteiger partial charge in [0.05, 0.1) is 65.1 Å². The van der Waals surface area contributed by atoms with Crippen molar-refractivity contribution in [2.75, 3.05) is 52.9 Å². The van der Waals surface area contributed by atoms with E-state index in [9.17, 15) is 0 Å². The lowest BCUT2D eigenvalue weighted by molar-refractivity contribution is -0.0402. The van der Waals surface area contributed by atoms with Crippen molar-refractivity contribution >= 4 is 0 Å². The summed E-state index contributed by atoms with van der Waals surface area (Å²) in [4.78, 5) is 0. The molecular weight excluding hydrogens is 324 g/mol. The van der Waals surface area contributed by atoms with Gasteiger partial charge in [-0.15, -0.1) is 0 Å². The van der Waals surface area contributed by atoms with Crippen LogP contribution in [0, 0.1) is 5.41 Å². The summed E-state index contributed by atoms with van der Waals surface area (Å²) in [5.74, 6) is 0. The van der Waals surface area contributed by atoms with Gasteiger partial charge in [-0.1, -0.05) is 12.8 Å². The smallest absolute Gasteiger partial charge is 0.104 e. The Morgan fingerprint density at radius 2 is 1.04 bits per heavy atom. The molecule has 4 aliphatic rings. The second kappa shape index (κ2) is 8.63. The van der Waals surface area contributed by atoms with Gasteiger partial charge in [0.25, 0.3) is 0 Å². The summed E-state index contributed by atoms with van der Waals surface area (Å²) in [6, 6.07) is 0. The van der Waals surface area contributed by atoms with Crippen LogP contribution in [0.3, 0.4) is 0 Å². The Labute approximate surface area is 150 Å². The van der Waals surface area contributed by atoms with E-state index in [1.165, 1.54) is 12.8 Å². The maximum absolute atomic E-state index is 6.04. The molecule has 0 saturated carbocycles. The minimum Gasteiger partial charge on any atom is -0.378 e. The largest absolute Gasteiger partial charge is 0.378 e. The average molecular weight is 356 g/mol. The first-order chi connectivity index (χ1) is 12.3. The highest BCUT2D eigenvalue weighted by Gasteiger charge is 2.35. The van der Waals surface area contributed by atoms with E-state index in [1.54, 1.807) is 0 Å². The normalized spacial score (nSPS) is 34.6. The molecule has 0 radical (unpaired) electrons. The van der Waals surface area contributed by atoms with E-state index >= 15 is 0 Å². The van der Waals surface area contributed by atoms with Gasteiger partial charge in [-0.05, 0) is 25.7 Å². The van der Waals surface area contributed by atoms with Crippen LogP contribution < -0.4 is 0 Å². The summed E-state index contributed by atoms with van der Waals surface area (Å²) in [5.41, 5.74) is 0.0908. The van der Waals surface area contributed by atoms with Gasteiger partial charge in [-0.25, -0.2) is 0 Å². The van der Waals surface area contributed by atoms with Crippen molar-refractivity contribution in [2.45, 2.75) is 62.9 Å². The third-order valence-corrected chi connectivity index (χ3v) is 5.50. The maximum Gasteiger partial charge on any atom is 0.104 e. The molecule has 25 heavy (non-hydrogen) atoms. The molecule has 4 unspecified atom stereocenters. The molecule has 4 fully saturated rings. The third-order valence-electron chi connectivity index (χ3n) is 5.50. The number of ether oxygens (including phenoxy) is 6. The molecule has 0 aromatic heterocycles.